The molecule has 1 aliphatic heterocycles. The van der Waals surface area contributed by atoms with Gasteiger partial charge in [0.15, 0.2) is 11.5 Å². The Labute approximate surface area is 108 Å². The van der Waals surface area contributed by atoms with Crippen molar-refractivity contribution in [3.8, 4) is 11.5 Å². The molecule has 1 atom stereocenters. The SMILES string of the molecule is Cc1cc2c(cc1NCCCC(C)N)OCCO2. The van der Waals surface area contributed by atoms with Crippen molar-refractivity contribution >= 4 is 5.69 Å². The van der Waals surface area contributed by atoms with E-state index in [2.05, 4.69) is 12.2 Å². The summed E-state index contributed by atoms with van der Waals surface area (Å²) < 4.78 is 11.1. The van der Waals surface area contributed by atoms with Crippen molar-refractivity contribution < 1.29 is 9.47 Å². The van der Waals surface area contributed by atoms with Crippen LogP contribution in [0.15, 0.2) is 12.1 Å². The average molecular weight is 250 g/mol. The smallest absolute Gasteiger partial charge is 0.163 e. The van der Waals surface area contributed by atoms with Gasteiger partial charge in [0.05, 0.1) is 0 Å². The number of benzene rings is 1. The van der Waals surface area contributed by atoms with E-state index in [0.717, 1.165) is 36.6 Å². The van der Waals surface area contributed by atoms with Crippen molar-refractivity contribution in [1.29, 1.82) is 0 Å². The van der Waals surface area contributed by atoms with Crippen LogP contribution in [0.2, 0.25) is 0 Å². The van der Waals surface area contributed by atoms with Crippen LogP contribution in [-0.4, -0.2) is 25.8 Å². The molecule has 0 saturated heterocycles. The third-order valence-corrected chi connectivity index (χ3v) is 3.04. The van der Waals surface area contributed by atoms with Gasteiger partial charge < -0.3 is 20.5 Å². The van der Waals surface area contributed by atoms with Crippen LogP contribution >= 0.6 is 0 Å². The summed E-state index contributed by atoms with van der Waals surface area (Å²) in [6.45, 7) is 6.30. The Bertz CT molecular complexity index is 405. The first-order chi connectivity index (χ1) is 8.66. The molecular formula is C14H22N2O2. The fourth-order valence-electron chi connectivity index (χ4n) is 2.03. The van der Waals surface area contributed by atoms with Crippen molar-refractivity contribution in [2.45, 2.75) is 32.7 Å². The van der Waals surface area contributed by atoms with Gasteiger partial charge in [-0.25, -0.2) is 0 Å². The van der Waals surface area contributed by atoms with Crippen LogP contribution in [0.3, 0.4) is 0 Å². The number of rotatable bonds is 5. The normalized spacial score (nSPS) is 15.3. The Morgan fingerprint density at radius 2 is 1.94 bits per heavy atom. The Kier molecular flexibility index (Phi) is 4.31. The van der Waals surface area contributed by atoms with E-state index >= 15 is 0 Å². The monoisotopic (exact) mass is 250 g/mol. The molecule has 100 valence electrons. The van der Waals surface area contributed by atoms with E-state index in [1.54, 1.807) is 0 Å². The van der Waals surface area contributed by atoms with Gasteiger partial charge in [0, 0.05) is 24.3 Å². The van der Waals surface area contributed by atoms with E-state index in [4.69, 9.17) is 15.2 Å². The summed E-state index contributed by atoms with van der Waals surface area (Å²) in [5, 5.41) is 3.43. The minimum atomic E-state index is 0.271. The van der Waals surface area contributed by atoms with Crippen LogP contribution in [0.4, 0.5) is 5.69 Å². The van der Waals surface area contributed by atoms with E-state index in [-0.39, 0.29) is 6.04 Å². The number of nitrogens with two attached hydrogens (primary N) is 1. The molecule has 2 rings (SSSR count). The number of hydrogen-bond donors (Lipinski definition) is 2. The second kappa shape index (κ2) is 5.96. The van der Waals surface area contributed by atoms with E-state index < -0.39 is 0 Å². The van der Waals surface area contributed by atoms with E-state index in [1.165, 1.54) is 5.56 Å². The predicted octanol–water partition coefficient (Wildman–Crippen LogP) is 2.31. The fraction of sp³-hybridized carbons (Fsp3) is 0.571. The summed E-state index contributed by atoms with van der Waals surface area (Å²) in [6, 6.07) is 4.33. The molecule has 18 heavy (non-hydrogen) atoms. The molecule has 1 heterocycles. The van der Waals surface area contributed by atoms with Gasteiger partial charge in [-0.2, -0.15) is 0 Å². The molecule has 0 amide bonds. The maximum atomic E-state index is 5.73. The largest absolute Gasteiger partial charge is 0.486 e. The average Bonchev–Trinajstić information content (AvgIpc) is 2.34. The molecule has 1 aromatic carbocycles. The summed E-state index contributed by atoms with van der Waals surface area (Å²) in [7, 11) is 0. The molecule has 0 aromatic heterocycles. The van der Waals surface area contributed by atoms with Gasteiger partial charge in [-0.3, -0.25) is 0 Å². The number of nitrogens with one attached hydrogen (secondary N) is 1. The minimum Gasteiger partial charge on any atom is -0.486 e. The molecule has 0 fully saturated rings. The summed E-state index contributed by atoms with van der Waals surface area (Å²) >= 11 is 0. The molecule has 0 bridgehead atoms. The first-order valence-corrected chi connectivity index (χ1v) is 6.56. The second-order valence-corrected chi connectivity index (χ2v) is 4.86. The predicted molar refractivity (Wildman–Crippen MR) is 73.5 cm³/mol. The third kappa shape index (κ3) is 3.29. The first kappa shape index (κ1) is 13.0. The highest BCUT2D eigenvalue weighted by Gasteiger charge is 2.13. The van der Waals surface area contributed by atoms with Crippen LogP contribution < -0.4 is 20.5 Å². The van der Waals surface area contributed by atoms with Crippen LogP contribution in [0.25, 0.3) is 0 Å². The van der Waals surface area contributed by atoms with Gasteiger partial charge in [-0.1, -0.05) is 0 Å². The molecule has 3 N–H and O–H groups in total. The maximum absolute atomic E-state index is 5.73. The van der Waals surface area contributed by atoms with Crippen LogP contribution in [0, 0.1) is 6.92 Å². The summed E-state index contributed by atoms with van der Waals surface area (Å²) in [4.78, 5) is 0. The van der Waals surface area contributed by atoms with E-state index in [0.29, 0.717) is 13.2 Å². The standard InChI is InChI=1S/C14H22N2O2/c1-10-8-13-14(18-7-6-17-13)9-12(10)16-5-3-4-11(2)15/h8-9,11,16H,3-7,15H2,1-2H3. The van der Waals surface area contributed by atoms with Crippen LogP contribution in [0.5, 0.6) is 11.5 Å². The molecule has 1 aromatic rings. The van der Waals surface area contributed by atoms with Crippen molar-refractivity contribution in [3.05, 3.63) is 17.7 Å². The van der Waals surface area contributed by atoms with Gasteiger partial charge in [0.25, 0.3) is 0 Å². The van der Waals surface area contributed by atoms with Gasteiger partial charge in [0.1, 0.15) is 13.2 Å². The van der Waals surface area contributed by atoms with Gasteiger partial charge in [-0.15, -0.1) is 0 Å². The number of ether oxygens (including phenoxy) is 2. The van der Waals surface area contributed by atoms with E-state index in [9.17, 15) is 0 Å². The molecule has 1 aliphatic rings. The lowest BCUT2D eigenvalue weighted by Gasteiger charge is -2.21. The molecule has 0 radical (unpaired) electrons. The Hall–Kier alpha value is -1.42. The number of hydrogen-bond acceptors (Lipinski definition) is 4. The molecule has 0 spiro atoms. The number of fused-ring (bicyclic) bond motifs is 1. The maximum Gasteiger partial charge on any atom is 0.163 e. The van der Waals surface area contributed by atoms with E-state index in [1.807, 2.05) is 19.1 Å². The highest BCUT2D eigenvalue weighted by Crippen LogP contribution is 2.35. The fourth-order valence-corrected chi connectivity index (χ4v) is 2.03. The molecule has 4 heteroatoms. The zero-order valence-corrected chi connectivity index (χ0v) is 11.2. The van der Waals surface area contributed by atoms with Crippen LogP contribution in [0.1, 0.15) is 25.3 Å². The molecule has 1 unspecified atom stereocenters. The Morgan fingerprint density at radius 1 is 1.28 bits per heavy atom. The lowest BCUT2D eigenvalue weighted by molar-refractivity contribution is 0.171. The molecule has 0 aliphatic carbocycles. The van der Waals surface area contributed by atoms with Gasteiger partial charge in [-0.05, 0) is 38.3 Å². The first-order valence-electron chi connectivity index (χ1n) is 6.56. The highest BCUT2D eigenvalue weighted by atomic mass is 16.6. The molecule has 0 saturated carbocycles. The lowest BCUT2D eigenvalue weighted by Crippen LogP contribution is -2.17. The number of aryl methyl sites for hydroxylation is 1. The number of anilines is 1. The van der Waals surface area contributed by atoms with Gasteiger partial charge >= 0.3 is 0 Å². The molecule has 4 nitrogen and oxygen atoms in total. The van der Waals surface area contributed by atoms with Crippen molar-refractivity contribution in [2.24, 2.45) is 5.73 Å². The van der Waals surface area contributed by atoms with Crippen molar-refractivity contribution in [2.75, 3.05) is 25.1 Å². The highest BCUT2D eigenvalue weighted by molar-refractivity contribution is 5.60. The minimum absolute atomic E-state index is 0.271. The summed E-state index contributed by atoms with van der Waals surface area (Å²) in [5.41, 5.74) is 8.02. The Balaban J connectivity index is 1.95. The second-order valence-electron chi connectivity index (χ2n) is 4.86. The zero-order chi connectivity index (χ0) is 13.0. The topological polar surface area (TPSA) is 56.5 Å². The van der Waals surface area contributed by atoms with Gasteiger partial charge in [0.2, 0.25) is 0 Å². The van der Waals surface area contributed by atoms with Crippen molar-refractivity contribution in [1.82, 2.24) is 0 Å². The molecular weight excluding hydrogens is 228 g/mol. The van der Waals surface area contributed by atoms with Crippen LogP contribution in [-0.2, 0) is 0 Å². The summed E-state index contributed by atoms with van der Waals surface area (Å²) in [5.74, 6) is 1.68. The lowest BCUT2D eigenvalue weighted by atomic mass is 10.1. The zero-order valence-electron chi connectivity index (χ0n) is 11.2. The summed E-state index contributed by atoms with van der Waals surface area (Å²) in [6.07, 6.45) is 2.11. The Morgan fingerprint density at radius 3 is 2.61 bits per heavy atom. The quantitative estimate of drug-likeness (QED) is 0.787. The van der Waals surface area contributed by atoms with Crippen molar-refractivity contribution in [3.63, 3.8) is 0 Å². The third-order valence-electron chi connectivity index (χ3n) is 3.04.